The van der Waals surface area contributed by atoms with E-state index in [2.05, 4.69) is 17.9 Å². The molecule has 0 aliphatic heterocycles. The minimum Gasteiger partial charge on any atom is -0.480 e. The fourth-order valence-corrected chi connectivity index (χ4v) is 1.33. The maximum atomic E-state index is 11.4. The zero-order valence-corrected chi connectivity index (χ0v) is 10.5. The fraction of sp³-hybridized carbons (Fsp3) is 0.800. The van der Waals surface area contributed by atoms with Crippen LogP contribution in [0.25, 0.3) is 0 Å². The van der Waals surface area contributed by atoms with Gasteiger partial charge in [-0.05, 0) is 18.8 Å². The molecule has 0 fully saturated rings. The maximum Gasteiger partial charge on any atom is 0.316 e. The average Bonchev–Trinajstić information content (AvgIpc) is 2.15. The molecule has 0 aromatic rings. The van der Waals surface area contributed by atoms with Gasteiger partial charge in [0.2, 0.25) is 5.91 Å². The lowest BCUT2D eigenvalue weighted by Gasteiger charge is -2.14. The predicted molar refractivity (Wildman–Crippen MR) is 65.5 cm³/mol. The molecule has 0 aromatic carbocycles. The van der Waals surface area contributed by atoms with Gasteiger partial charge in [0.15, 0.2) is 0 Å². The first-order valence-electron chi connectivity index (χ1n) is 5.28. The molecule has 0 bridgehead atoms. The summed E-state index contributed by atoms with van der Waals surface area (Å²) < 4.78 is 0. The first-order valence-corrected chi connectivity index (χ1v) is 5.80. The molecule has 5 nitrogen and oxygen atoms in total. The van der Waals surface area contributed by atoms with Gasteiger partial charge < -0.3 is 16.2 Å². The molecular formula is C10H20N2O3S. The summed E-state index contributed by atoms with van der Waals surface area (Å²) >= 11 is 3.85. The van der Waals surface area contributed by atoms with Crippen molar-refractivity contribution < 1.29 is 14.7 Å². The standard InChI is InChI=1S/C10H20N2O3S/c1-6(2)5-7(11)9(13)12-4-3-8(16)10(14)15/h6-8,16H,3-5,11H2,1-2H3,(H,12,13)(H,14,15)/t7-,8?/m0/s1. The largest absolute Gasteiger partial charge is 0.480 e. The molecule has 1 unspecified atom stereocenters. The second-order valence-corrected chi connectivity index (χ2v) is 4.79. The third-order valence-electron chi connectivity index (χ3n) is 2.06. The molecule has 1 amide bonds. The van der Waals surface area contributed by atoms with Crippen LogP contribution in [0.1, 0.15) is 26.7 Å². The van der Waals surface area contributed by atoms with Crippen LogP contribution in [0.3, 0.4) is 0 Å². The van der Waals surface area contributed by atoms with Gasteiger partial charge in [0.1, 0.15) is 5.25 Å². The smallest absolute Gasteiger partial charge is 0.316 e. The number of carboxylic acids is 1. The number of hydrogen-bond acceptors (Lipinski definition) is 4. The lowest BCUT2D eigenvalue weighted by Crippen LogP contribution is -2.42. The molecule has 0 spiro atoms. The summed E-state index contributed by atoms with van der Waals surface area (Å²) in [5.41, 5.74) is 5.65. The Kier molecular flexibility index (Phi) is 7.16. The van der Waals surface area contributed by atoms with Crippen molar-refractivity contribution >= 4 is 24.5 Å². The first kappa shape index (κ1) is 15.2. The topological polar surface area (TPSA) is 92.4 Å². The second kappa shape index (κ2) is 7.51. The van der Waals surface area contributed by atoms with Crippen LogP contribution in [-0.2, 0) is 9.59 Å². The van der Waals surface area contributed by atoms with Gasteiger partial charge in [-0.2, -0.15) is 12.6 Å². The summed E-state index contributed by atoms with van der Waals surface area (Å²) in [7, 11) is 0. The summed E-state index contributed by atoms with van der Waals surface area (Å²) in [6.45, 7) is 4.26. The molecule has 4 N–H and O–H groups in total. The van der Waals surface area contributed by atoms with E-state index in [-0.39, 0.29) is 12.5 Å². The van der Waals surface area contributed by atoms with Crippen LogP contribution >= 0.6 is 12.6 Å². The Labute approximate surface area is 101 Å². The Morgan fingerprint density at radius 2 is 2.00 bits per heavy atom. The van der Waals surface area contributed by atoms with Crippen molar-refractivity contribution in [3.63, 3.8) is 0 Å². The Morgan fingerprint density at radius 3 is 2.44 bits per heavy atom. The number of carbonyl (C=O) groups excluding carboxylic acids is 1. The van der Waals surface area contributed by atoms with Crippen molar-refractivity contribution in [1.29, 1.82) is 0 Å². The van der Waals surface area contributed by atoms with Crippen molar-refractivity contribution in [2.24, 2.45) is 11.7 Å². The monoisotopic (exact) mass is 248 g/mol. The van der Waals surface area contributed by atoms with E-state index in [1.54, 1.807) is 0 Å². The summed E-state index contributed by atoms with van der Waals surface area (Å²) in [4.78, 5) is 21.9. The summed E-state index contributed by atoms with van der Waals surface area (Å²) in [5.74, 6) is -0.860. The molecule has 0 aliphatic rings. The molecule has 16 heavy (non-hydrogen) atoms. The molecule has 6 heteroatoms. The van der Waals surface area contributed by atoms with E-state index in [0.29, 0.717) is 18.8 Å². The highest BCUT2D eigenvalue weighted by molar-refractivity contribution is 7.81. The Morgan fingerprint density at radius 1 is 1.44 bits per heavy atom. The van der Waals surface area contributed by atoms with E-state index in [9.17, 15) is 9.59 Å². The number of carbonyl (C=O) groups is 2. The zero-order chi connectivity index (χ0) is 12.7. The molecule has 0 rings (SSSR count). The quantitative estimate of drug-likeness (QED) is 0.486. The minimum atomic E-state index is -0.982. The number of rotatable bonds is 7. The van der Waals surface area contributed by atoms with Crippen LogP contribution in [0.5, 0.6) is 0 Å². The SMILES string of the molecule is CC(C)C[C@H](N)C(=O)NCCC(S)C(=O)O. The van der Waals surface area contributed by atoms with Gasteiger partial charge >= 0.3 is 5.97 Å². The normalized spacial score (nSPS) is 14.6. The number of carboxylic acid groups (broad SMARTS) is 1. The second-order valence-electron chi connectivity index (χ2n) is 4.17. The van der Waals surface area contributed by atoms with E-state index in [0.717, 1.165) is 0 Å². The molecule has 0 radical (unpaired) electrons. The molecule has 0 aromatic heterocycles. The van der Waals surface area contributed by atoms with Crippen LogP contribution < -0.4 is 11.1 Å². The zero-order valence-electron chi connectivity index (χ0n) is 9.64. The van der Waals surface area contributed by atoms with Gasteiger partial charge in [0, 0.05) is 6.54 Å². The van der Waals surface area contributed by atoms with Crippen molar-refractivity contribution in [2.45, 2.75) is 38.0 Å². The van der Waals surface area contributed by atoms with Crippen molar-refractivity contribution in [1.82, 2.24) is 5.32 Å². The van der Waals surface area contributed by atoms with E-state index < -0.39 is 17.3 Å². The third kappa shape index (κ3) is 6.68. The first-order chi connectivity index (χ1) is 7.34. The number of aliphatic carboxylic acids is 1. The van der Waals surface area contributed by atoms with Gasteiger partial charge in [0.25, 0.3) is 0 Å². The Balaban J connectivity index is 3.77. The lowest BCUT2D eigenvalue weighted by molar-refractivity contribution is -0.136. The molecule has 2 atom stereocenters. The van der Waals surface area contributed by atoms with Crippen LogP contribution in [0.15, 0.2) is 0 Å². The summed E-state index contributed by atoms with van der Waals surface area (Å²) in [6, 6.07) is -0.525. The number of nitrogens with two attached hydrogens (primary N) is 1. The lowest BCUT2D eigenvalue weighted by atomic mass is 10.0. The molecule has 0 heterocycles. The van der Waals surface area contributed by atoms with E-state index >= 15 is 0 Å². The molecule has 0 saturated carbocycles. The summed E-state index contributed by atoms with van der Waals surface area (Å²) in [6.07, 6.45) is 0.910. The van der Waals surface area contributed by atoms with Gasteiger partial charge in [-0.25, -0.2) is 0 Å². The highest BCUT2D eigenvalue weighted by Gasteiger charge is 2.16. The Hall–Kier alpha value is -0.750. The highest BCUT2D eigenvalue weighted by Crippen LogP contribution is 2.03. The summed E-state index contributed by atoms with van der Waals surface area (Å²) in [5, 5.41) is 10.4. The van der Waals surface area contributed by atoms with Gasteiger partial charge in [-0.1, -0.05) is 13.8 Å². The Bertz CT molecular complexity index is 246. The fourth-order valence-electron chi connectivity index (χ4n) is 1.20. The minimum absolute atomic E-state index is 0.236. The van der Waals surface area contributed by atoms with Crippen LogP contribution in [-0.4, -0.2) is 34.8 Å². The predicted octanol–water partition coefficient (Wildman–Crippen LogP) is 0.249. The maximum absolute atomic E-state index is 11.4. The molecule has 94 valence electrons. The highest BCUT2D eigenvalue weighted by atomic mass is 32.1. The number of hydrogen-bond donors (Lipinski definition) is 4. The van der Waals surface area contributed by atoms with Crippen LogP contribution in [0.2, 0.25) is 0 Å². The van der Waals surface area contributed by atoms with Crippen molar-refractivity contribution in [2.75, 3.05) is 6.54 Å². The molecular weight excluding hydrogens is 228 g/mol. The van der Waals surface area contributed by atoms with E-state index in [4.69, 9.17) is 10.8 Å². The number of nitrogens with one attached hydrogen (secondary N) is 1. The van der Waals surface area contributed by atoms with E-state index in [1.165, 1.54) is 0 Å². The van der Waals surface area contributed by atoms with Crippen LogP contribution in [0.4, 0.5) is 0 Å². The number of thiol groups is 1. The number of amides is 1. The van der Waals surface area contributed by atoms with Crippen LogP contribution in [0, 0.1) is 5.92 Å². The van der Waals surface area contributed by atoms with Crippen molar-refractivity contribution in [3.8, 4) is 0 Å². The van der Waals surface area contributed by atoms with E-state index in [1.807, 2.05) is 13.8 Å². The van der Waals surface area contributed by atoms with Gasteiger partial charge in [-0.3, -0.25) is 9.59 Å². The third-order valence-corrected chi connectivity index (χ3v) is 2.54. The molecule has 0 aliphatic carbocycles. The van der Waals surface area contributed by atoms with Gasteiger partial charge in [-0.15, -0.1) is 0 Å². The average molecular weight is 248 g/mol. The van der Waals surface area contributed by atoms with Crippen molar-refractivity contribution in [3.05, 3.63) is 0 Å². The van der Waals surface area contributed by atoms with Gasteiger partial charge in [0.05, 0.1) is 6.04 Å². The molecule has 0 saturated heterocycles.